The summed E-state index contributed by atoms with van der Waals surface area (Å²) >= 11 is 3.58. The van der Waals surface area contributed by atoms with E-state index in [9.17, 15) is 4.79 Å². The molecule has 6 heteroatoms. The normalized spacial score (nSPS) is 18.7. The van der Waals surface area contributed by atoms with Crippen molar-refractivity contribution < 1.29 is 14.3 Å². The molecule has 1 saturated heterocycles. The summed E-state index contributed by atoms with van der Waals surface area (Å²) in [6.07, 6.45) is -0.221. The number of carbonyl (C=O) groups excluding carboxylic acids is 1. The van der Waals surface area contributed by atoms with E-state index in [-0.39, 0.29) is 12.1 Å². The zero-order valence-corrected chi connectivity index (χ0v) is 18.4. The van der Waals surface area contributed by atoms with Crippen molar-refractivity contribution in [1.82, 2.24) is 9.80 Å². The molecular formula is C20H31BrN2O3. The van der Waals surface area contributed by atoms with E-state index in [1.54, 1.807) is 4.90 Å². The summed E-state index contributed by atoms with van der Waals surface area (Å²) in [6, 6.07) is 4.40. The van der Waals surface area contributed by atoms with Crippen LogP contribution in [-0.4, -0.2) is 60.3 Å². The van der Waals surface area contributed by atoms with E-state index < -0.39 is 5.60 Å². The van der Waals surface area contributed by atoms with Crippen molar-refractivity contribution in [3.63, 3.8) is 0 Å². The van der Waals surface area contributed by atoms with E-state index in [2.05, 4.69) is 53.7 Å². The molecule has 2 rings (SSSR count). The first-order valence-corrected chi connectivity index (χ1v) is 9.97. The van der Waals surface area contributed by atoms with Crippen LogP contribution in [0.4, 0.5) is 4.79 Å². The monoisotopic (exact) mass is 426 g/mol. The quantitative estimate of drug-likeness (QED) is 0.715. The predicted molar refractivity (Wildman–Crippen MR) is 108 cm³/mol. The van der Waals surface area contributed by atoms with Crippen molar-refractivity contribution in [3.05, 3.63) is 27.7 Å². The number of ether oxygens (including phenoxy) is 2. The highest BCUT2D eigenvalue weighted by Gasteiger charge is 2.29. The van der Waals surface area contributed by atoms with Crippen LogP contribution in [0.2, 0.25) is 0 Å². The number of carbonyl (C=O) groups is 1. The highest BCUT2D eigenvalue weighted by atomic mass is 79.9. The van der Waals surface area contributed by atoms with Gasteiger partial charge in [-0.25, -0.2) is 4.79 Å². The fourth-order valence-corrected chi connectivity index (χ4v) is 3.32. The van der Waals surface area contributed by atoms with Crippen LogP contribution in [0.3, 0.4) is 0 Å². The molecule has 0 N–H and O–H groups in total. The lowest BCUT2D eigenvalue weighted by Crippen LogP contribution is -2.55. The summed E-state index contributed by atoms with van der Waals surface area (Å²) in [7, 11) is 0. The highest BCUT2D eigenvalue weighted by Crippen LogP contribution is 2.26. The molecule has 0 bridgehead atoms. The van der Waals surface area contributed by atoms with Gasteiger partial charge in [0.25, 0.3) is 0 Å². The van der Waals surface area contributed by atoms with Gasteiger partial charge in [0.1, 0.15) is 18.0 Å². The number of aryl methyl sites for hydroxylation is 2. The second-order valence-corrected chi connectivity index (χ2v) is 8.82. The summed E-state index contributed by atoms with van der Waals surface area (Å²) < 4.78 is 12.6. The number of hydrogen-bond acceptors (Lipinski definition) is 4. The van der Waals surface area contributed by atoms with E-state index in [0.717, 1.165) is 23.3 Å². The van der Waals surface area contributed by atoms with Gasteiger partial charge in [-0.2, -0.15) is 0 Å². The second kappa shape index (κ2) is 8.61. The van der Waals surface area contributed by atoms with Gasteiger partial charge in [0, 0.05) is 36.7 Å². The van der Waals surface area contributed by atoms with Gasteiger partial charge in [-0.15, -0.1) is 0 Å². The summed E-state index contributed by atoms with van der Waals surface area (Å²) in [5.74, 6) is 0.906. The summed E-state index contributed by atoms with van der Waals surface area (Å²) in [5, 5.41) is 0. The van der Waals surface area contributed by atoms with E-state index in [1.807, 2.05) is 20.8 Å². The average molecular weight is 427 g/mol. The molecule has 0 spiro atoms. The summed E-state index contributed by atoms with van der Waals surface area (Å²) in [4.78, 5) is 16.4. The van der Waals surface area contributed by atoms with Crippen LogP contribution in [0.25, 0.3) is 0 Å². The first-order valence-electron chi connectivity index (χ1n) is 9.18. The van der Waals surface area contributed by atoms with Gasteiger partial charge in [-0.05, 0) is 64.8 Å². The Kier molecular flexibility index (Phi) is 6.97. The number of amides is 1. The fourth-order valence-electron chi connectivity index (χ4n) is 3.09. The number of hydrogen-bond donors (Lipinski definition) is 0. The smallest absolute Gasteiger partial charge is 0.410 e. The third-order valence-corrected chi connectivity index (χ3v) is 5.72. The van der Waals surface area contributed by atoms with Gasteiger partial charge >= 0.3 is 6.09 Å². The summed E-state index contributed by atoms with van der Waals surface area (Å²) in [5.41, 5.74) is 1.91. The summed E-state index contributed by atoms with van der Waals surface area (Å²) in [6.45, 7) is 15.7. The fraction of sp³-hybridized carbons (Fsp3) is 0.650. The SMILES string of the molecule is Cc1cc(OCCN2CCN(C(=O)OC(C)(C)C)C[C@@H]2C)cc(C)c1Br. The maximum Gasteiger partial charge on any atom is 0.410 e. The first kappa shape index (κ1) is 21.0. The highest BCUT2D eigenvalue weighted by molar-refractivity contribution is 9.10. The minimum absolute atomic E-state index is 0.221. The molecule has 1 amide bonds. The maximum atomic E-state index is 12.2. The van der Waals surface area contributed by atoms with Crippen molar-refractivity contribution in [2.45, 2.75) is 53.2 Å². The molecule has 5 nitrogen and oxygen atoms in total. The van der Waals surface area contributed by atoms with E-state index in [4.69, 9.17) is 9.47 Å². The Morgan fingerprint density at radius 2 is 1.85 bits per heavy atom. The Morgan fingerprint density at radius 3 is 2.38 bits per heavy atom. The molecule has 146 valence electrons. The molecule has 1 heterocycles. The van der Waals surface area contributed by atoms with Gasteiger partial charge < -0.3 is 14.4 Å². The molecule has 0 radical (unpaired) electrons. The van der Waals surface area contributed by atoms with Crippen LogP contribution in [0.15, 0.2) is 16.6 Å². The van der Waals surface area contributed by atoms with Gasteiger partial charge in [-0.1, -0.05) is 15.9 Å². The minimum atomic E-state index is -0.452. The van der Waals surface area contributed by atoms with Crippen molar-refractivity contribution in [3.8, 4) is 5.75 Å². The maximum absolute atomic E-state index is 12.2. The molecule has 0 aliphatic carbocycles. The Labute approximate surface area is 165 Å². The van der Waals surface area contributed by atoms with Crippen LogP contribution < -0.4 is 4.74 Å². The van der Waals surface area contributed by atoms with Crippen molar-refractivity contribution in [1.29, 1.82) is 0 Å². The van der Waals surface area contributed by atoms with Crippen molar-refractivity contribution in [2.75, 3.05) is 32.8 Å². The lowest BCUT2D eigenvalue weighted by Gasteiger charge is -2.40. The van der Waals surface area contributed by atoms with Crippen LogP contribution in [0.5, 0.6) is 5.75 Å². The van der Waals surface area contributed by atoms with E-state index in [0.29, 0.717) is 19.7 Å². The topological polar surface area (TPSA) is 42.0 Å². The zero-order chi connectivity index (χ0) is 19.5. The number of benzene rings is 1. The third-order valence-electron chi connectivity index (χ3n) is 4.47. The lowest BCUT2D eigenvalue weighted by molar-refractivity contribution is 0.00430. The van der Waals surface area contributed by atoms with Gasteiger partial charge in [-0.3, -0.25) is 4.90 Å². The van der Waals surface area contributed by atoms with Crippen molar-refractivity contribution >= 4 is 22.0 Å². The Hall–Kier alpha value is -1.27. The van der Waals surface area contributed by atoms with Gasteiger partial charge in [0.15, 0.2) is 0 Å². The van der Waals surface area contributed by atoms with Gasteiger partial charge in [0.2, 0.25) is 0 Å². The Bertz CT molecular complexity index is 619. The molecule has 1 aliphatic heterocycles. The van der Waals surface area contributed by atoms with Crippen LogP contribution in [0.1, 0.15) is 38.8 Å². The third kappa shape index (κ3) is 5.88. The van der Waals surface area contributed by atoms with Crippen LogP contribution in [-0.2, 0) is 4.74 Å². The first-order chi connectivity index (χ1) is 12.1. The molecule has 0 saturated carbocycles. The largest absolute Gasteiger partial charge is 0.492 e. The molecule has 1 aliphatic rings. The van der Waals surface area contributed by atoms with E-state index in [1.165, 1.54) is 11.1 Å². The standard InChI is InChI=1S/C20H31BrN2O3/c1-14-11-17(12-15(2)18(14)21)25-10-9-22-7-8-23(13-16(22)3)19(24)26-20(4,5)6/h11-12,16H,7-10,13H2,1-6H3/t16-/m0/s1. The predicted octanol–water partition coefficient (Wildman–Crippen LogP) is 4.39. The van der Waals surface area contributed by atoms with Crippen LogP contribution in [0, 0.1) is 13.8 Å². The number of nitrogens with zero attached hydrogens (tertiary/aromatic N) is 2. The molecule has 1 fully saturated rings. The molecule has 1 atom stereocenters. The molecule has 1 aromatic rings. The molecule has 0 aromatic heterocycles. The zero-order valence-electron chi connectivity index (χ0n) is 16.8. The van der Waals surface area contributed by atoms with Crippen LogP contribution >= 0.6 is 15.9 Å². The van der Waals surface area contributed by atoms with E-state index >= 15 is 0 Å². The average Bonchev–Trinajstić information content (AvgIpc) is 2.52. The van der Waals surface area contributed by atoms with Crippen molar-refractivity contribution in [2.24, 2.45) is 0 Å². The molecule has 1 aromatic carbocycles. The number of piperazine rings is 1. The number of halogens is 1. The lowest BCUT2D eigenvalue weighted by atomic mass is 10.1. The molecule has 0 unspecified atom stereocenters. The van der Waals surface area contributed by atoms with Gasteiger partial charge in [0.05, 0.1) is 0 Å². The molecular weight excluding hydrogens is 396 g/mol. The number of rotatable bonds is 4. The second-order valence-electron chi connectivity index (χ2n) is 8.03. The minimum Gasteiger partial charge on any atom is -0.492 e. The Balaban J connectivity index is 1.81. The molecule has 26 heavy (non-hydrogen) atoms. The Morgan fingerprint density at radius 1 is 1.23 bits per heavy atom.